The molecule has 0 aromatic heterocycles. The normalized spacial score (nSPS) is 37.3. The van der Waals surface area contributed by atoms with Crippen molar-refractivity contribution in [3.63, 3.8) is 0 Å². The fourth-order valence-electron chi connectivity index (χ4n) is 3.70. The van der Waals surface area contributed by atoms with Crippen LogP contribution in [0.4, 0.5) is 0 Å². The SMILES string of the molecule is CC(C)S(=O)(=O)[C@]12CC[C@H](CC1=O)C2(C)C. The van der Waals surface area contributed by atoms with Gasteiger partial charge in [0.05, 0.1) is 5.25 Å². The van der Waals surface area contributed by atoms with E-state index >= 15 is 0 Å². The molecular weight excluding hydrogens is 224 g/mol. The lowest BCUT2D eigenvalue weighted by atomic mass is 9.81. The van der Waals surface area contributed by atoms with E-state index in [1.54, 1.807) is 13.8 Å². The largest absolute Gasteiger partial charge is 0.298 e. The molecule has 0 aromatic carbocycles. The lowest BCUT2D eigenvalue weighted by Gasteiger charge is -2.37. The Morgan fingerprint density at radius 2 is 1.88 bits per heavy atom. The van der Waals surface area contributed by atoms with E-state index in [1.165, 1.54) is 0 Å². The highest BCUT2D eigenvalue weighted by Gasteiger charge is 2.70. The fourth-order valence-corrected chi connectivity index (χ4v) is 6.21. The molecule has 92 valence electrons. The van der Waals surface area contributed by atoms with Gasteiger partial charge in [0.2, 0.25) is 0 Å². The van der Waals surface area contributed by atoms with E-state index in [2.05, 4.69) is 0 Å². The van der Waals surface area contributed by atoms with Crippen LogP contribution in [0.5, 0.6) is 0 Å². The maximum atomic E-state index is 12.5. The van der Waals surface area contributed by atoms with Crippen LogP contribution in [-0.2, 0) is 14.6 Å². The number of carbonyl (C=O) groups is 1. The molecule has 0 spiro atoms. The van der Waals surface area contributed by atoms with Crippen LogP contribution in [0.1, 0.15) is 47.0 Å². The van der Waals surface area contributed by atoms with Gasteiger partial charge in [-0.2, -0.15) is 0 Å². The maximum Gasteiger partial charge on any atom is 0.165 e. The molecule has 2 bridgehead atoms. The molecular formula is C12H20O3S. The summed E-state index contributed by atoms with van der Waals surface area (Å²) in [6, 6.07) is 0. The first-order chi connectivity index (χ1) is 7.18. The minimum absolute atomic E-state index is 0.0394. The molecule has 0 aliphatic heterocycles. The molecule has 2 atom stereocenters. The number of fused-ring (bicyclic) bond motifs is 2. The summed E-state index contributed by atoms with van der Waals surface area (Å²) >= 11 is 0. The molecule has 0 radical (unpaired) electrons. The van der Waals surface area contributed by atoms with Crippen molar-refractivity contribution in [1.82, 2.24) is 0 Å². The first-order valence-corrected chi connectivity index (χ1v) is 7.49. The number of hydrogen-bond acceptors (Lipinski definition) is 3. The highest BCUT2D eigenvalue weighted by molar-refractivity contribution is 7.94. The molecule has 16 heavy (non-hydrogen) atoms. The highest BCUT2D eigenvalue weighted by atomic mass is 32.2. The number of ketones is 1. The minimum atomic E-state index is -3.35. The predicted molar refractivity (Wildman–Crippen MR) is 62.9 cm³/mol. The molecule has 2 rings (SSSR count). The summed E-state index contributed by atoms with van der Waals surface area (Å²) in [6.45, 7) is 7.27. The molecule has 3 nitrogen and oxygen atoms in total. The van der Waals surface area contributed by atoms with Crippen LogP contribution < -0.4 is 0 Å². The molecule has 4 heteroatoms. The Labute approximate surface area is 97.5 Å². The second-order valence-electron chi connectivity index (χ2n) is 6.01. The predicted octanol–water partition coefficient (Wildman–Crippen LogP) is 1.96. The average molecular weight is 244 g/mol. The maximum absolute atomic E-state index is 12.5. The molecule has 0 amide bonds. The van der Waals surface area contributed by atoms with Crippen molar-refractivity contribution in [2.75, 3.05) is 0 Å². The van der Waals surface area contributed by atoms with Crippen LogP contribution in [0.2, 0.25) is 0 Å². The van der Waals surface area contributed by atoms with Gasteiger partial charge >= 0.3 is 0 Å². The van der Waals surface area contributed by atoms with Gasteiger partial charge in [-0.3, -0.25) is 4.79 Å². The molecule has 0 unspecified atom stereocenters. The lowest BCUT2D eigenvalue weighted by Crippen LogP contribution is -2.53. The summed E-state index contributed by atoms with van der Waals surface area (Å²) < 4.78 is 24.0. The van der Waals surface area contributed by atoms with E-state index in [1.807, 2.05) is 13.8 Å². The van der Waals surface area contributed by atoms with E-state index in [0.29, 0.717) is 12.8 Å². The van der Waals surface area contributed by atoms with Gasteiger partial charge in [0.1, 0.15) is 4.75 Å². The third kappa shape index (κ3) is 1.04. The monoisotopic (exact) mass is 244 g/mol. The topological polar surface area (TPSA) is 51.2 Å². The van der Waals surface area contributed by atoms with Crippen molar-refractivity contribution >= 4 is 15.6 Å². The van der Waals surface area contributed by atoms with Crippen molar-refractivity contribution in [3.8, 4) is 0 Å². The minimum Gasteiger partial charge on any atom is -0.298 e. The molecule has 2 fully saturated rings. The second-order valence-corrected chi connectivity index (χ2v) is 8.74. The van der Waals surface area contributed by atoms with Crippen molar-refractivity contribution < 1.29 is 13.2 Å². The van der Waals surface area contributed by atoms with E-state index < -0.39 is 19.8 Å². The van der Waals surface area contributed by atoms with Crippen LogP contribution in [-0.4, -0.2) is 24.2 Å². The first kappa shape index (κ1) is 12.1. The van der Waals surface area contributed by atoms with Gasteiger partial charge in [0, 0.05) is 6.42 Å². The fraction of sp³-hybridized carbons (Fsp3) is 0.917. The number of carbonyl (C=O) groups excluding carboxylic acids is 1. The van der Waals surface area contributed by atoms with E-state index in [0.717, 1.165) is 6.42 Å². The average Bonchev–Trinajstić information content (AvgIpc) is 2.50. The van der Waals surface area contributed by atoms with Gasteiger partial charge in [0.15, 0.2) is 15.6 Å². The summed E-state index contributed by atoms with van der Waals surface area (Å²) in [6.07, 6.45) is 1.87. The molecule has 0 aromatic rings. The smallest absolute Gasteiger partial charge is 0.165 e. The van der Waals surface area contributed by atoms with Gasteiger partial charge in [-0.25, -0.2) is 8.42 Å². The van der Waals surface area contributed by atoms with Gasteiger partial charge in [-0.15, -0.1) is 0 Å². The Balaban J connectivity index is 2.65. The van der Waals surface area contributed by atoms with E-state index in [4.69, 9.17) is 0 Å². The zero-order chi connectivity index (χ0) is 12.4. The summed E-state index contributed by atoms with van der Waals surface area (Å²) in [5, 5.41) is -0.465. The van der Waals surface area contributed by atoms with Crippen LogP contribution in [0.25, 0.3) is 0 Å². The Morgan fingerprint density at radius 3 is 2.19 bits per heavy atom. The Morgan fingerprint density at radius 1 is 1.31 bits per heavy atom. The molecule has 0 N–H and O–H groups in total. The van der Waals surface area contributed by atoms with Crippen LogP contribution >= 0.6 is 0 Å². The molecule has 0 heterocycles. The Bertz CT molecular complexity index is 433. The first-order valence-electron chi connectivity index (χ1n) is 5.94. The zero-order valence-corrected chi connectivity index (χ0v) is 11.2. The summed E-state index contributed by atoms with van der Waals surface area (Å²) in [5.41, 5.74) is -0.382. The Hall–Kier alpha value is -0.380. The second kappa shape index (κ2) is 3.09. The summed E-state index contributed by atoms with van der Waals surface area (Å²) in [7, 11) is -3.35. The third-order valence-electron chi connectivity index (χ3n) is 4.89. The van der Waals surface area contributed by atoms with Crippen LogP contribution in [0, 0.1) is 11.3 Å². The number of sulfone groups is 1. The van der Waals surface area contributed by atoms with Crippen molar-refractivity contribution in [3.05, 3.63) is 0 Å². The molecule has 0 saturated heterocycles. The van der Waals surface area contributed by atoms with Crippen LogP contribution in [0.3, 0.4) is 0 Å². The molecule has 2 aliphatic carbocycles. The van der Waals surface area contributed by atoms with Gasteiger partial charge in [0.25, 0.3) is 0 Å². The van der Waals surface area contributed by atoms with Gasteiger partial charge < -0.3 is 0 Å². The lowest BCUT2D eigenvalue weighted by molar-refractivity contribution is -0.121. The highest BCUT2D eigenvalue weighted by Crippen LogP contribution is 2.62. The van der Waals surface area contributed by atoms with Crippen molar-refractivity contribution in [2.45, 2.75) is 57.0 Å². The molecule has 2 aliphatic rings. The van der Waals surface area contributed by atoms with Crippen molar-refractivity contribution in [2.24, 2.45) is 11.3 Å². The quantitative estimate of drug-likeness (QED) is 0.746. The van der Waals surface area contributed by atoms with Crippen LogP contribution in [0.15, 0.2) is 0 Å². The standard InChI is InChI=1S/C12H20O3S/c1-8(2)16(14,15)12-6-5-9(7-10(12)13)11(12,3)4/h8-9H,5-7H2,1-4H3/t9-,12-/m1/s1. The van der Waals surface area contributed by atoms with E-state index in [-0.39, 0.29) is 17.1 Å². The van der Waals surface area contributed by atoms with Gasteiger partial charge in [-0.05, 0) is 38.0 Å². The number of Topliss-reactive ketones (excluding diaryl/α,β-unsaturated/α-hetero) is 1. The number of hydrogen-bond donors (Lipinski definition) is 0. The summed E-state index contributed by atoms with van der Waals surface area (Å²) in [5.74, 6) is 0.218. The third-order valence-corrected chi connectivity index (χ3v) is 8.07. The number of rotatable bonds is 2. The zero-order valence-electron chi connectivity index (χ0n) is 10.4. The van der Waals surface area contributed by atoms with Gasteiger partial charge in [-0.1, -0.05) is 13.8 Å². The van der Waals surface area contributed by atoms with E-state index in [9.17, 15) is 13.2 Å². The Kier molecular flexibility index (Phi) is 2.34. The summed E-state index contributed by atoms with van der Waals surface area (Å²) in [4.78, 5) is 12.1. The van der Waals surface area contributed by atoms with Crippen molar-refractivity contribution in [1.29, 1.82) is 0 Å². The molecule has 2 saturated carbocycles.